The van der Waals surface area contributed by atoms with E-state index in [4.69, 9.17) is 16.3 Å². The summed E-state index contributed by atoms with van der Waals surface area (Å²) < 4.78 is 5.56. The van der Waals surface area contributed by atoms with Gasteiger partial charge in [-0.2, -0.15) is 0 Å². The number of nitrogens with one attached hydrogen (secondary N) is 1. The molecule has 1 atom stereocenters. The van der Waals surface area contributed by atoms with Crippen molar-refractivity contribution in [2.45, 2.75) is 13.0 Å². The minimum atomic E-state index is -0.832. The van der Waals surface area contributed by atoms with Crippen molar-refractivity contribution in [3.63, 3.8) is 0 Å². The van der Waals surface area contributed by atoms with Crippen molar-refractivity contribution in [2.75, 3.05) is 13.2 Å². The van der Waals surface area contributed by atoms with Gasteiger partial charge in [0.1, 0.15) is 18.5 Å². The molecule has 0 spiro atoms. The number of aliphatic hydroxyl groups is 1. The molecule has 0 bridgehead atoms. The van der Waals surface area contributed by atoms with Gasteiger partial charge in [-0.25, -0.2) is 0 Å². The molecule has 0 aromatic heterocycles. The Morgan fingerprint density at radius 3 is 2.77 bits per heavy atom. The molecule has 22 heavy (non-hydrogen) atoms. The molecule has 2 N–H and O–H groups in total. The molecule has 0 heterocycles. The third kappa shape index (κ3) is 4.23. The summed E-state index contributed by atoms with van der Waals surface area (Å²) in [5.74, 6) is 0.370. The van der Waals surface area contributed by atoms with Crippen LogP contribution in [0.5, 0.6) is 5.75 Å². The van der Waals surface area contributed by atoms with Crippen molar-refractivity contribution >= 4 is 17.5 Å². The Balaban J connectivity index is 2.01. The standard InChI is InChI=1S/C17H18ClNO3/c1-2-19-17(21)12-6-5-7-13(10-12)22-11-16(20)14-8-3-4-9-15(14)18/h3-10,16,20H,2,11H2,1H3,(H,19,21). The Morgan fingerprint density at radius 2 is 2.05 bits per heavy atom. The van der Waals surface area contributed by atoms with Gasteiger partial charge in [-0.1, -0.05) is 35.9 Å². The van der Waals surface area contributed by atoms with Crippen LogP contribution in [0.15, 0.2) is 48.5 Å². The van der Waals surface area contributed by atoms with E-state index in [-0.39, 0.29) is 12.5 Å². The van der Waals surface area contributed by atoms with Crippen LogP contribution in [-0.2, 0) is 0 Å². The summed E-state index contributed by atoms with van der Waals surface area (Å²) in [6, 6.07) is 13.9. The van der Waals surface area contributed by atoms with E-state index >= 15 is 0 Å². The van der Waals surface area contributed by atoms with Crippen LogP contribution in [0.25, 0.3) is 0 Å². The highest BCUT2D eigenvalue weighted by Crippen LogP contribution is 2.23. The van der Waals surface area contributed by atoms with Crippen molar-refractivity contribution in [2.24, 2.45) is 0 Å². The third-order valence-electron chi connectivity index (χ3n) is 3.11. The van der Waals surface area contributed by atoms with Crippen molar-refractivity contribution < 1.29 is 14.6 Å². The normalized spacial score (nSPS) is 11.8. The molecule has 0 aliphatic rings. The fourth-order valence-corrected chi connectivity index (χ4v) is 2.26. The van der Waals surface area contributed by atoms with E-state index in [0.29, 0.717) is 28.4 Å². The SMILES string of the molecule is CCNC(=O)c1cccc(OCC(O)c2ccccc2Cl)c1. The smallest absolute Gasteiger partial charge is 0.251 e. The van der Waals surface area contributed by atoms with E-state index < -0.39 is 6.10 Å². The number of rotatable bonds is 6. The summed E-state index contributed by atoms with van der Waals surface area (Å²) in [4.78, 5) is 11.8. The van der Waals surface area contributed by atoms with Crippen LogP contribution in [0.4, 0.5) is 0 Å². The number of benzene rings is 2. The number of carbonyl (C=O) groups excluding carboxylic acids is 1. The molecule has 0 aliphatic heterocycles. The lowest BCUT2D eigenvalue weighted by atomic mass is 10.1. The number of hydrogen-bond donors (Lipinski definition) is 2. The quantitative estimate of drug-likeness (QED) is 0.859. The van der Waals surface area contributed by atoms with Gasteiger partial charge in [0.15, 0.2) is 0 Å². The van der Waals surface area contributed by atoms with Crippen LogP contribution >= 0.6 is 11.6 Å². The van der Waals surface area contributed by atoms with Crippen LogP contribution in [0.3, 0.4) is 0 Å². The molecule has 0 saturated carbocycles. The zero-order valence-corrected chi connectivity index (χ0v) is 13.0. The predicted octanol–water partition coefficient (Wildman–Crippen LogP) is 3.20. The lowest BCUT2D eigenvalue weighted by molar-refractivity contribution is 0.0954. The van der Waals surface area contributed by atoms with Crippen molar-refractivity contribution in [3.05, 3.63) is 64.7 Å². The lowest BCUT2D eigenvalue weighted by Gasteiger charge is -2.14. The van der Waals surface area contributed by atoms with E-state index in [1.165, 1.54) is 0 Å². The minimum Gasteiger partial charge on any atom is -0.491 e. The van der Waals surface area contributed by atoms with Crippen LogP contribution in [-0.4, -0.2) is 24.2 Å². The van der Waals surface area contributed by atoms with E-state index in [0.717, 1.165) is 0 Å². The Labute approximate surface area is 134 Å². The summed E-state index contributed by atoms with van der Waals surface area (Å²) in [5.41, 5.74) is 1.13. The van der Waals surface area contributed by atoms with E-state index in [9.17, 15) is 9.90 Å². The minimum absolute atomic E-state index is 0.0581. The second-order valence-electron chi connectivity index (χ2n) is 4.74. The summed E-state index contributed by atoms with van der Waals surface area (Å²) in [7, 11) is 0. The topological polar surface area (TPSA) is 58.6 Å². The van der Waals surface area contributed by atoms with Gasteiger partial charge in [0, 0.05) is 22.7 Å². The molecule has 4 nitrogen and oxygen atoms in total. The fraction of sp³-hybridized carbons (Fsp3) is 0.235. The summed E-state index contributed by atoms with van der Waals surface area (Å²) in [6.07, 6.45) is -0.832. The van der Waals surface area contributed by atoms with Crippen molar-refractivity contribution in [3.8, 4) is 5.75 Å². The first-order valence-electron chi connectivity index (χ1n) is 7.05. The monoisotopic (exact) mass is 319 g/mol. The predicted molar refractivity (Wildman–Crippen MR) is 86.4 cm³/mol. The summed E-state index contributed by atoms with van der Waals surface area (Å²) >= 11 is 6.03. The van der Waals surface area contributed by atoms with Gasteiger partial charge in [0.2, 0.25) is 0 Å². The molecule has 0 fully saturated rings. The molecule has 1 unspecified atom stereocenters. The molecule has 2 aromatic carbocycles. The van der Waals surface area contributed by atoms with Crippen LogP contribution in [0.2, 0.25) is 5.02 Å². The van der Waals surface area contributed by atoms with Gasteiger partial charge in [0.05, 0.1) is 0 Å². The molecular formula is C17H18ClNO3. The zero-order valence-electron chi connectivity index (χ0n) is 12.3. The Bertz CT molecular complexity index is 645. The van der Waals surface area contributed by atoms with Crippen LogP contribution in [0.1, 0.15) is 28.9 Å². The molecule has 0 saturated heterocycles. The second-order valence-corrected chi connectivity index (χ2v) is 5.14. The van der Waals surface area contributed by atoms with Gasteiger partial charge in [-0.15, -0.1) is 0 Å². The van der Waals surface area contributed by atoms with E-state index in [2.05, 4.69) is 5.32 Å². The second kappa shape index (κ2) is 7.82. The van der Waals surface area contributed by atoms with E-state index in [1.54, 1.807) is 48.5 Å². The van der Waals surface area contributed by atoms with Crippen LogP contribution in [0, 0.1) is 0 Å². The first-order valence-corrected chi connectivity index (χ1v) is 7.43. The number of hydrogen-bond acceptors (Lipinski definition) is 3. The average molecular weight is 320 g/mol. The zero-order chi connectivity index (χ0) is 15.9. The Kier molecular flexibility index (Phi) is 5.81. The Morgan fingerprint density at radius 1 is 1.27 bits per heavy atom. The van der Waals surface area contributed by atoms with E-state index in [1.807, 2.05) is 6.92 Å². The number of amides is 1. The Hall–Kier alpha value is -2.04. The highest BCUT2D eigenvalue weighted by Gasteiger charge is 2.12. The third-order valence-corrected chi connectivity index (χ3v) is 3.45. The van der Waals surface area contributed by atoms with Gasteiger partial charge in [-0.3, -0.25) is 4.79 Å². The fourth-order valence-electron chi connectivity index (χ4n) is 2.00. The van der Waals surface area contributed by atoms with Crippen molar-refractivity contribution in [1.82, 2.24) is 5.32 Å². The highest BCUT2D eigenvalue weighted by molar-refractivity contribution is 6.31. The number of carbonyl (C=O) groups is 1. The van der Waals surface area contributed by atoms with Crippen molar-refractivity contribution in [1.29, 1.82) is 0 Å². The molecular weight excluding hydrogens is 302 g/mol. The number of halogens is 1. The van der Waals surface area contributed by atoms with Gasteiger partial charge in [-0.05, 0) is 31.2 Å². The maximum atomic E-state index is 11.8. The maximum absolute atomic E-state index is 11.8. The first kappa shape index (κ1) is 16.3. The van der Waals surface area contributed by atoms with Gasteiger partial charge >= 0.3 is 0 Å². The largest absolute Gasteiger partial charge is 0.491 e. The maximum Gasteiger partial charge on any atom is 0.251 e. The molecule has 5 heteroatoms. The molecule has 0 aliphatic carbocycles. The molecule has 116 valence electrons. The molecule has 2 aromatic rings. The first-order chi connectivity index (χ1) is 10.6. The van der Waals surface area contributed by atoms with Gasteiger partial charge < -0.3 is 15.2 Å². The lowest BCUT2D eigenvalue weighted by Crippen LogP contribution is -2.22. The highest BCUT2D eigenvalue weighted by atomic mass is 35.5. The summed E-state index contributed by atoms with van der Waals surface area (Å²) in [5, 5.41) is 13.4. The molecule has 0 radical (unpaired) electrons. The average Bonchev–Trinajstić information content (AvgIpc) is 2.53. The molecule has 2 rings (SSSR count). The van der Waals surface area contributed by atoms with Gasteiger partial charge in [0.25, 0.3) is 5.91 Å². The number of aliphatic hydroxyl groups excluding tert-OH is 1. The summed E-state index contributed by atoms with van der Waals surface area (Å²) in [6.45, 7) is 2.48. The van der Waals surface area contributed by atoms with Crippen LogP contribution < -0.4 is 10.1 Å². The molecule has 1 amide bonds. The number of ether oxygens (including phenoxy) is 1.